The molecule has 0 radical (unpaired) electrons. The maximum Gasteiger partial charge on any atom is 0.226 e. The molecule has 2 aromatic heterocycles. The van der Waals surface area contributed by atoms with Gasteiger partial charge in [0.05, 0.1) is 18.9 Å². The van der Waals surface area contributed by atoms with Gasteiger partial charge in [0, 0.05) is 43.3 Å². The summed E-state index contributed by atoms with van der Waals surface area (Å²) >= 11 is 1.46. The molecular weight excluding hydrogens is 366 g/mol. The van der Waals surface area contributed by atoms with E-state index in [-0.39, 0.29) is 11.3 Å². The third-order valence-corrected chi connectivity index (χ3v) is 5.03. The molecule has 0 atom stereocenters. The third kappa shape index (κ3) is 6.08. The molecule has 0 aliphatic carbocycles. The van der Waals surface area contributed by atoms with Gasteiger partial charge >= 0.3 is 0 Å². The van der Waals surface area contributed by atoms with E-state index in [0.29, 0.717) is 36.1 Å². The average molecular weight is 394 g/mol. The molecule has 27 heavy (non-hydrogen) atoms. The molecule has 1 saturated heterocycles. The Labute approximate surface area is 163 Å². The van der Waals surface area contributed by atoms with Crippen molar-refractivity contribution in [2.24, 2.45) is 0 Å². The van der Waals surface area contributed by atoms with Crippen LogP contribution < -0.4 is 5.32 Å². The van der Waals surface area contributed by atoms with Crippen molar-refractivity contribution in [1.82, 2.24) is 20.0 Å². The van der Waals surface area contributed by atoms with Crippen LogP contribution in [0, 0.1) is 0 Å². The second-order valence-electron chi connectivity index (χ2n) is 7.70. The Bertz CT molecular complexity index is 746. The number of aromatic nitrogens is 3. The summed E-state index contributed by atoms with van der Waals surface area (Å²) in [6, 6.07) is 0. The predicted molar refractivity (Wildman–Crippen MR) is 103 cm³/mol. The molecule has 0 aromatic carbocycles. The maximum atomic E-state index is 12.1. The van der Waals surface area contributed by atoms with E-state index in [9.17, 15) is 4.79 Å². The van der Waals surface area contributed by atoms with Gasteiger partial charge in [-0.15, -0.1) is 11.3 Å². The van der Waals surface area contributed by atoms with Crippen molar-refractivity contribution in [3.63, 3.8) is 0 Å². The van der Waals surface area contributed by atoms with Gasteiger partial charge in [-0.25, -0.2) is 4.98 Å². The Morgan fingerprint density at radius 2 is 2.07 bits per heavy atom. The number of thiazole rings is 1. The number of hydrogen-bond acceptors (Lipinski definition) is 8. The molecule has 0 bridgehead atoms. The van der Waals surface area contributed by atoms with Crippen molar-refractivity contribution in [3.05, 3.63) is 22.8 Å². The summed E-state index contributed by atoms with van der Waals surface area (Å²) in [6.45, 7) is 10.3. The smallest absolute Gasteiger partial charge is 0.226 e. The zero-order valence-corrected chi connectivity index (χ0v) is 17.0. The van der Waals surface area contributed by atoms with Gasteiger partial charge in [-0.2, -0.15) is 4.98 Å². The Balaban J connectivity index is 1.39. The van der Waals surface area contributed by atoms with Gasteiger partial charge in [0.1, 0.15) is 0 Å². The summed E-state index contributed by atoms with van der Waals surface area (Å²) < 4.78 is 10.6. The minimum absolute atomic E-state index is 0.0437. The van der Waals surface area contributed by atoms with Crippen molar-refractivity contribution in [1.29, 1.82) is 0 Å². The molecule has 148 valence electrons. The fraction of sp³-hybridized carbons (Fsp3) is 0.667. The number of amides is 1. The molecule has 9 heteroatoms. The zero-order valence-electron chi connectivity index (χ0n) is 16.2. The van der Waals surface area contributed by atoms with Crippen LogP contribution >= 0.6 is 11.3 Å². The molecule has 8 nitrogen and oxygen atoms in total. The lowest BCUT2D eigenvalue weighted by Gasteiger charge is -2.25. The quantitative estimate of drug-likeness (QED) is 0.773. The van der Waals surface area contributed by atoms with Crippen LogP contribution in [0.4, 0.5) is 5.13 Å². The molecule has 3 rings (SSSR count). The van der Waals surface area contributed by atoms with Gasteiger partial charge in [0.15, 0.2) is 11.0 Å². The molecule has 0 unspecified atom stereocenters. The number of carbonyl (C=O) groups is 1. The summed E-state index contributed by atoms with van der Waals surface area (Å²) in [7, 11) is 0. The molecule has 1 fully saturated rings. The van der Waals surface area contributed by atoms with E-state index in [2.05, 4.69) is 25.3 Å². The molecule has 1 N–H and O–H groups in total. The van der Waals surface area contributed by atoms with Crippen LogP contribution in [0.5, 0.6) is 0 Å². The van der Waals surface area contributed by atoms with Crippen molar-refractivity contribution in [2.45, 2.75) is 52.0 Å². The first-order valence-electron chi connectivity index (χ1n) is 9.27. The molecule has 0 saturated carbocycles. The number of hydrogen-bond donors (Lipinski definition) is 1. The van der Waals surface area contributed by atoms with Crippen molar-refractivity contribution in [2.75, 3.05) is 31.6 Å². The van der Waals surface area contributed by atoms with Crippen LogP contribution in [0.1, 0.15) is 51.0 Å². The average Bonchev–Trinajstić information content (AvgIpc) is 3.25. The Morgan fingerprint density at radius 3 is 2.78 bits per heavy atom. The Kier molecular flexibility index (Phi) is 6.56. The standard InChI is InChI=1S/C18H27N5O3S/c1-18(2,3)16-21-15(26-22-16)6-4-5-14(24)20-17-19-13(12-27-17)11-23-7-9-25-10-8-23/h12H,4-11H2,1-3H3,(H,19,20,24). The first-order valence-corrected chi connectivity index (χ1v) is 10.2. The van der Waals surface area contributed by atoms with Gasteiger partial charge in [-0.05, 0) is 6.42 Å². The second-order valence-corrected chi connectivity index (χ2v) is 8.55. The molecule has 1 amide bonds. The molecule has 2 aromatic rings. The number of carbonyl (C=O) groups excluding carboxylic acids is 1. The molecular formula is C18H27N5O3S. The van der Waals surface area contributed by atoms with Crippen molar-refractivity contribution >= 4 is 22.4 Å². The van der Waals surface area contributed by atoms with E-state index >= 15 is 0 Å². The van der Waals surface area contributed by atoms with Gasteiger partial charge < -0.3 is 14.6 Å². The normalized spacial score (nSPS) is 15.8. The first kappa shape index (κ1) is 19.9. The van der Waals surface area contributed by atoms with E-state index < -0.39 is 0 Å². The monoisotopic (exact) mass is 393 g/mol. The van der Waals surface area contributed by atoms with Crippen LogP contribution in [0.15, 0.2) is 9.90 Å². The number of morpholine rings is 1. The minimum Gasteiger partial charge on any atom is -0.379 e. The predicted octanol–water partition coefficient (Wildman–Crippen LogP) is 2.62. The number of nitrogens with zero attached hydrogens (tertiary/aromatic N) is 4. The summed E-state index contributed by atoms with van der Waals surface area (Å²) in [6.07, 6.45) is 1.64. The zero-order chi connectivity index (χ0) is 19.3. The fourth-order valence-corrected chi connectivity index (χ4v) is 3.39. The second kappa shape index (κ2) is 8.90. The topological polar surface area (TPSA) is 93.4 Å². The number of nitrogens with one attached hydrogen (secondary N) is 1. The van der Waals surface area contributed by atoms with Gasteiger partial charge in [0.25, 0.3) is 0 Å². The van der Waals surface area contributed by atoms with Crippen LogP contribution in [-0.2, 0) is 27.9 Å². The van der Waals surface area contributed by atoms with E-state index in [0.717, 1.165) is 38.5 Å². The lowest BCUT2D eigenvalue weighted by molar-refractivity contribution is -0.116. The summed E-state index contributed by atoms with van der Waals surface area (Å²) in [4.78, 5) is 23.3. The van der Waals surface area contributed by atoms with Crippen LogP contribution in [0.3, 0.4) is 0 Å². The third-order valence-electron chi connectivity index (χ3n) is 4.22. The number of aryl methyl sites for hydroxylation is 1. The number of rotatable bonds is 7. The largest absolute Gasteiger partial charge is 0.379 e. The minimum atomic E-state index is -0.136. The van der Waals surface area contributed by atoms with Gasteiger partial charge in [-0.3, -0.25) is 9.69 Å². The van der Waals surface area contributed by atoms with E-state index in [4.69, 9.17) is 9.26 Å². The fourth-order valence-electron chi connectivity index (χ4n) is 2.67. The SMILES string of the molecule is CC(C)(C)c1noc(CCCC(=O)Nc2nc(CN3CCOCC3)cs2)n1. The molecule has 3 heterocycles. The lowest BCUT2D eigenvalue weighted by Crippen LogP contribution is -2.35. The van der Waals surface area contributed by atoms with Crippen molar-refractivity contribution in [3.8, 4) is 0 Å². The molecule has 1 aliphatic rings. The Hall–Kier alpha value is -1.84. The van der Waals surface area contributed by atoms with Crippen LogP contribution in [-0.4, -0.2) is 52.2 Å². The summed E-state index contributed by atoms with van der Waals surface area (Å²) in [5.74, 6) is 1.23. The number of anilines is 1. The highest BCUT2D eigenvalue weighted by Gasteiger charge is 2.21. The summed E-state index contributed by atoms with van der Waals surface area (Å²) in [5.41, 5.74) is 0.848. The van der Waals surface area contributed by atoms with Gasteiger partial charge in [-0.1, -0.05) is 25.9 Å². The lowest BCUT2D eigenvalue weighted by atomic mass is 9.96. The first-order chi connectivity index (χ1) is 12.9. The highest BCUT2D eigenvalue weighted by Crippen LogP contribution is 2.20. The highest BCUT2D eigenvalue weighted by molar-refractivity contribution is 7.13. The number of ether oxygens (including phenoxy) is 1. The van der Waals surface area contributed by atoms with Crippen LogP contribution in [0.2, 0.25) is 0 Å². The molecule has 0 spiro atoms. The van der Waals surface area contributed by atoms with E-state index in [1.54, 1.807) is 0 Å². The molecule has 1 aliphatic heterocycles. The van der Waals surface area contributed by atoms with Gasteiger partial charge in [0.2, 0.25) is 11.8 Å². The van der Waals surface area contributed by atoms with Crippen LogP contribution in [0.25, 0.3) is 0 Å². The van der Waals surface area contributed by atoms with E-state index in [1.165, 1.54) is 11.3 Å². The Morgan fingerprint density at radius 1 is 1.30 bits per heavy atom. The van der Waals surface area contributed by atoms with Crippen molar-refractivity contribution < 1.29 is 14.1 Å². The highest BCUT2D eigenvalue weighted by atomic mass is 32.1. The summed E-state index contributed by atoms with van der Waals surface area (Å²) in [5, 5.41) is 9.52. The van der Waals surface area contributed by atoms with E-state index in [1.807, 2.05) is 26.2 Å². The maximum absolute atomic E-state index is 12.1.